The van der Waals surface area contributed by atoms with E-state index < -0.39 is 0 Å². The average Bonchev–Trinajstić information content (AvgIpc) is 2.69. The second kappa shape index (κ2) is 8.82. The Morgan fingerprint density at radius 3 is 2.62 bits per heavy atom. The van der Waals surface area contributed by atoms with Crippen LogP contribution in [-0.2, 0) is 6.61 Å². The van der Waals surface area contributed by atoms with Gasteiger partial charge in [0.1, 0.15) is 6.61 Å². The second-order valence-corrected chi connectivity index (χ2v) is 5.68. The fourth-order valence-electron chi connectivity index (χ4n) is 2.17. The molecule has 0 radical (unpaired) electrons. The number of aromatic nitrogens is 2. The molecule has 0 amide bonds. The molecule has 1 heterocycles. The summed E-state index contributed by atoms with van der Waals surface area (Å²) in [5.41, 5.74) is 4.73. The lowest BCUT2D eigenvalue weighted by molar-refractivity contribution is 0.284. The van der Waals surface area contributed by atoms with E-state index in [2.05, 4.69) is 20.7 Å². The van der Waals surface area contributed by atoms with E-state index in [0.29, 0.717) is 29.1 Å². The van der Waals surface area contributed by atoms with Crippen LogP contribution in [0.5, 0.6) is 11.5 Å². The van der Waals surface area contributed by atoms with Crippen molar-refractivity contribution in [2.75, 3.05) is 12.5 Å². The summed E-state index contributed by atoms with van der Waals surface area (Å²) in [6, 6.07) is 18.9. The lowest BCUT2D eigenvalue weighted by atomic mass is 10.2. The molecule has 3 aromatic rings. The highest BCUT2D eigenvalue weighted by atomic mass is 35.5. The number of halogens is 1. The van der Waals surface area contributed by atoms with E-state index in [9.17, 15) is 0 Å². The first-order valence-corrected chi connectivity index (χ1v) is 8.25. The van der Waals surface area contributed by atoms with Crippen LogP contribution in [0.3, 0.4) is 0 Å². The Bertz CT molecular complexity index is 870. The molecular formula is C19H17ClN4O2. The summed E-state index contributed by atoms with van der Waals surface area (Å²) in [5, 5.41) is 12.0. The summed E-state index contributed by atoms with van der Waals surface area (Å²) in [5.74, 6) is 1.81. The molecular weight excluding hydrogens is 352 g/mol. The Balaban J connectivity index is 1.64. The van der Waals surface area contributed by atoms with E-state index >= 15 is 0 Å². The molecule has 26 heavy (non-hydrogen) atoms. The van der Waals surface area contributed by atoms with Gasteiger partial charge in [0, 0.05) is 0 Å². The van der Waals surface area contributed by atoms with Crippen molar-refractivity contribution in [1.29, 1.82) is 0 Å². The van der Waals surface area contributed by atoms with Crippen LogP contribution in [0.15, 0.2) is 65.8 Å². The van der Waals surface area contributed by atoms with Crippen LogP contribution in [0.2, 0.25) is 5.15 Å². The summed E-state index contributed by atoms with van der Waals surface area (Å²) in [6.45, 7) is 0.474. The zero-order chi connectivity index (χ0) is 18.2. The number of nitrogens with one attached hydrogen (secondary N) is 1. The molecule has 0 bridgehead atoms. The fraction of sp³-hybridized carbons (Fsp3) is 0.105. The van der Waals surface area contributed by atoms with Crippen molar-refractivity contribution in [3.05, 3.63) is 76.9 Å². The van der Waals surface area contributed by atoms with E-state index in [4.69, 9.17) is 21.1 Å². The van der Waals surface area contributed by atoms with E-state index in [1.807, 2.05) is 48.5 Å². The van der Waals surface area contributed by atoms with Crippen molar-refractivity contribution < 1.29 is 9.47 Å². The molecule has 0 unspecified atom stereocenters. The Labute approximate surface area is 156 Å². The molecule has 0 fully saturated rings. The first-order chi connectivity index (χ1) is 12.7. The number of anilines is 1. The van der Waals surface area contributed by atoms with Gasteiger partial charge in [0.2, 0.25) is 0 Å². The molecule has 0 saturated heterocycles. The monoisotopic (exact) mass is 368 g/mol. The Kier molecular flexibility index (Phi) is 6.01. The predicted molar refractivity (Wildman–Crippen MR) is 102 cm³/mol. The van der Waals surface area contributed by atoms with E-state index in [1.165, 1.54) is 0 Å². The minimum absolute atomic E-state index is 0.329. The maximum Gasteiger partial charge on any atom is 0.168 e. The first kappa shape index (κ1) is 17.7. The van der Waals surface area contributed by atoms with Crippen molar-refractivity contribution in [2.24, 2.45) is 5.10 Å². The van der Waals surface area contributed by atoms with Gasteiger partial charge in [0.15, 0.2) is 22.5 Å². The van der Waals surface area contributed by atoms with Gasteiger partial charge in [-0.3, -0.25) is 5.43 Å². The molecule has 1 N–H and O–H groups in total. The minimum atomic E-state index is 0.329. The molecule has 0 aliphatic rings. The van der Waals surface area contributed by atoms with E-state index in [1.54, 1.807) is 25.5 Å². The molecule has 0 atom stereocenters. The molecule has 1 aromatic heterocycles. The number of hydrogen-bond acceptors (Lipinski definition) is 6. The number of hydrazone groups is 1. The number of methoxy groups -OCH3 is 1. The number of ether oxygens (including phenoxy) is 2. The molecule has 3 rings (SSSR count). The third kappa shape index (κ3) is 4.94. The van der Waals surface area contributed by atoms with Crippen molar-refractivity contribution in [2.45, 2.75) is 6.61 Å². The molecule has 7 heteroatoms. The SMILES string of the molecule is COc1cc(/C=N/Nc2ccc(Cl)nn2)ccc1OCc1ccccc1. The van der Waals surface area contributed by atoms with Gasteiger partial charge in [-0.25, -0.2) is 0 Å². The fourth-order valence-corrected chi connectivity index (χ4v) is 2.27. The topological polar surface area (TPSA) is 68.6 Å². The summed E-state index contributed by atoms with van der Waals surface area (Å²) in [6.07, 6.45) is 1.65. The van der Waals surface area contributed by atoms with Crippen molar-refractivity contribution in [1.82, 2.24) is 10.2 Å². The van der Waals surface area contributed by atoms with Crippen LogP contribution in [0, 0.1) is 0 Å². The van der Waals surface area contributed by atoms with Crippen molar-refractivity contribution in [3.63, 3.8) is 0 Å². The van der Waals surface area contributed by atoms with E-state index in [0.717, 1.165) is 11.1 Å². The number of nitrogens with zero attached hydrogens (tertiary/aromatic N) is 3. The Morgan fingerprint density at radius 2 is 1.88 bits per heavy atom. The van der Waals surface area contributed by atoms with Gasteiger partial charge in [-0.2, -0.15) is 5.10 Å². The molecule has 0 aliphatic heterocycles. The lowest BCUT2D eigenvalue weighted by Gasteiger charge is -2.11. The molecule has 2 aromatic carbocycles. The normalized spacial score (nSPS) is 10.7. The smallest absolute Gasteiger partial charge is 0.168 e. The van der Waals surface area contributed by atoms with Crippen LogP contribution >= 0.6 is 11.6 Å². The summed E-state index contributed by atoms with van der Waals surface area (Å²) < 4.78 is 11.2. The van der Waals surface area contributed by atoms with Crippen LogP contribution in [0.4, 0.5) is 5.82 Å². The Hall–Kier alpha value is -3.12. The van der Waals surface area contributed by atoms with Crippen molar-refractivity contribution >= 4 is 23.6 Å². The van der Waals surface area contributed by atoms with Gasteiger partial charge in [-0.1, -0.05) is 41.9 Å². The van der Waals surface area contributed by atoms with Gasteiger partial charge in [0.05, 0.1) is 13.3 Å². The zero-order valence-corrected chi connectivity index (χ0v) is 14.8. The summed E-state index contributed by atoms with van der Waals surface area (Å²) in [7, 11) is 1.60. The highest BCUT2D eigenvalue weighted by molar-refractivity contribution is 6.29. The number of hydrogen-bond donors (Lipinski definition) is 1. The van der Waals surface area contributed by atoms with Crippen molar-refractivity contribution in [3.8, 4) is 11.5 Å². The highest BCUT2D eigenvalue weighted by Crippen LogP contribution is 2.28. The van der Waals surface area contributed by atoms with Gasteiger partial charge in [-0.15, -0.1) is 10.2 Å². The first-order valence-electron chi connectivity index (χ1n) is 7.87. The molecule has 0 saturated carbocycles. The minimum Gasteiger partial charge on any atom is -0.493 e. The van der Waals surface area contributed by atoms with Gasteiger partial charge >= 0.3 is 0 Å². The number of benzene rings is 2. The largest absolute Gasteiger partial charge is 0.493 e. The second-order valence-electron chi connectivity index (χ2n) is 5.30. The van der Waals surface area contributed by atoms with Crippen LogP contribution < -0.4 is 14.9 Å². The van der Waals surface area contributed by atoms with Gasteiger partial charge < -0.3 is 9.47 Å². The lowest BCUT2D eigenvalue weighted by Crippen LogP contribution is -1.99. The molecule has 0 aliphatic carbocycles. The molecule has 0 spiro atoms. The van der Waals surface area contributed by atoms with E-state index in [-0.39, 0.29) is 0 Å². The maximum atomic E-state index is 5.84. The molecule has 6 nitrogen and oxygen atoms in total. The summed E-state index contributed by atoms with van der Waals surface area (Å²) in [4.78, 5) is 0. The van der Waals surface area contributed by atoms with Crippen LogP contribution in [0.25, 0.3) is 0 Å². The Morgan fingerprint density at radius 1 is 1.04 bits per heavy atom. The maximum absolute atomic E-state index is 5.84. The van der Waals surface area contributed by atoms with Gasteiger partial charge in [0.25, 0.3) is 0 Å². The van der Waals surface area contributed by atoms with Crippen LogP contribution in [-0.4, -0.2) is 23.5 Å². The highest BCUT2D eigenvalue weighted by Gasteiger charge is 2.05. The van der Waals surface area contributed by atoms with Gasteiger partial charge in [-0.05, 0) is 41.5 Å². The standard InChI is InChI=1S/C19H17ClN4O2/c1-25-17-11-15(12-21-23-19-10-9-18(20)22-24-19)7-8-16(17)26-13-14-5-3-2-4-6-14/h2-12H,13H2,1H3,(H,23,24)/b21-12+. The molecule has 132 valence electrons. The quantitative estimate of drug-likeness (QED) is 0.501. The third-order valence-electron chi connectivity index (χ3n) is 3.45. The zero-order valence-electron chi connectivity index (χ0n) is 14.1. The average molecular weight is 369 g/mol. The predicted octanol–water partition coefficient (Wildman–Crippen LogP) is 4.16. The van der Waals surface area contributed by atoms with Crippen LogP contribution in [0.1, 0.15) is 11.1 Å². The summed E-state index contributed by atoms with van der Waals surface area (Å²) >= 11 is 5.69. The third-order valence-corrected chi connectivity index (χ3v) is 3.65. The number of rotatable bonds is 7.